The molecular formula is C34H33IrN2O-. The fourth-order valence-corrected chi connectivity index (χ4v) is 4.27. The molecule has 3 nitrogen and oxygen atoms in total. The van der Waals surface area contributed by atoms with Gasteiger partial charge in [0, 0.05) is 38.1 Å². The summed E-state index contributed by atoms with van der Waals surface area (Å²) in [5, 5.41) is 9.94. The van der Waals surface area contributed by atoms with E-state index in [2.05, 4.69) is 85.3 Å². The minimum absolute atomic E-state index is 0. The molecule has 0 fully saturated rings. The monoisotopic (exact) mass is 678 g/mol. The van der Waals surface area contributed by atoms with Crippen LogP contribution in [0.3, 0.4) is 0 Å². The van der Waals surface area contributed by atoms with Gasteiger partial charge in [-0.2, -0.15) is 0 Å². The first-order valence-corrected chi connectivity index (χ1v) is 12.6. The van der Waals surface area contributed by atoms with Crippen molar-refractivity contribution >= 4 is 0 Å². The Morgan fingerprint density at radius 1 is 0.711 bits per heavy atom. The van der Waals surface area contributed by atoms with Gasteiger partial charge in [0.2, 0.25) is 0 Å². The van der Waals surface area contributed by atoms with Crippen molar-refractivity contribution in [3.8, 4) is 39.4 Å². The number of rotatable bonds is 4. The van der Waals surface area contributed by atoms with Gasteiger partial charge in [-0.25, -0.2) is 0 Å². The van der Waals surface area contributed by atoms with Gasteiger partial charge >= 0.3 is 0 Å². The van der Waals surface area contributed by atoms with Gasteiger partial charge in [0.25, 0.3) is 0 Å². The summed E-state index contributed by atoms with van der Waals surface area (Å²) < 4.78 is 0. The van der Waals surface area contributed by atoms with Crippen molar-refractivity contribution in [2.24, 2.45) is 0 Å². The number of aromatic nitrogens is 2. The fraction of sp³-hybridized carbons (Fsp3) is 0.176. The summed E-state index contributed by atoms with van der Waals surface area (Å²) in [4.78, 5) is 8.76. The van der Waals surface area contributed by atoms with Gasteiger partial charge in [0.15, 0.2) is 0 Å². The first kappa shape index (κ1) is 29.0. The number of nitrogens with zero attached hydrogens (tertiary/aromatic N) is 2. The zero-order valence-electron chi connectivity index (χ0n) is 22.5. The molecular weight excluding hydrogens is 645 g/mol. The Labute approximate surface area is 240 Å². The molecule has 2 heterocycles. The first-order chi connectivity index (χ1) is 17.8. The average Bonchev–Trinajstić information content (AvgIpc) is 2.92. The van der Waals surface area contributed by atoms with Crippen LogP contribution in [0.4, 0.5) is 0 Å². The first-order valence-electron chi connectivity index (χ1n) is 12.6. The molecule has 195 valence electrons. The van der Waals surface area contributed by atoms with E-state index in [4.69, 9.17) is 0 Å². The topological polar surface area (TPSA) is 46.0 Å². The molecule has 4 heteroatoms. The number of hydrogen-bond acceptors (Lipinski definition) is 3. The molecule has 0 saturated heterocycles. The number of phenolic OH excluding ortho intramolecular Hbond substituents is 1. The van der Waals surface area contributed by atoms with Crippen LogP contribution < -0.4 is 0 Å². The maximum absolute atomic E-state index is 9.94. The van der Waals surface area contributed by atoms with Gasteiger partial charge in [-0.3, -0.25) is 4.98 Å². The van der Waals surface area contributed by atoms with Gasteiger partial charge in [-0.05, 0) is 66.4 Å². The van der Waals surface area contributed by atoms with E-state index >= 15 is 0 Å². The van der Waals surface area contributed by atoms with Crippen LogP contribution in [0.2, 0.25) is 0 Å². The van der Waals surface area contributed by atoms with Crippen molar-refractivity contribution < 1.29 is 25.2 Å². The fourth-order valence-electron chi connectivity index (χ4n) is 4.27. The number of pyridine rings is 2. The predicted molar refractivity (Wildman–Crippen MR) is 154 cm³/mol. The maximum Gasteiger partial charge on any atom is 0.127 e. The van der Waals surface area contributed by atoms with Crippen molar-refractivity contribution in [2.75, 3.05) is 0 Å². The van der Waals surface area contributed by atoms with Gasteiger partial charge < -0.3 is 10.1 Å². The van der Waals surface area contributed by atoms with Crippen LogP contribution in [0.15, 0.2) is 97.3 Å². The van der Waals surface area contributed by atoms with E-state index < -0.39 is 0 Å². The van der Waals surface area contributed by atoms with Crippen LogP contribution in [-0.2, 0) is 20.1 Å². The van der Waals surface area contributed by atoms with Crippen molar-refractivity contribution in [2.45, 2.75) is 40.5 Å². The van der Waals surface area contributed by atoms with Crippen LogP contribution in [0.25, 0.3) is 33.6 Å². The van der Waals surface area contributed by atoms with Gasteiger partial charge in [-0.1, -0.05) is 80.4 Å². The molecule has 38 heavy (non-hydrogen) atoms. The predicted octanol–water partition coefficient (Wildman–Crippen LogP) is 8.72. The quantitative estimate of drug-likeness (QED) is 0.194. The Bertz CT molecular complexity index is 1480. The van der Waals surface area contributed by atoms with Crippen LogP contribution in [0.1, 0.15) is 42.0 Å². The Balaban J connectivity index is 0.000000220. The maximum atomic E-state index is 9.94. The van der Waals surface area contributed by atoms with E-state index in [1.165, 1.54) is 22.3 Å². The summed E-state index contributed by atoms with van der Waals surface area (Å²) in [5.41, 5.74) is 10.7. The largest absolute Gasteiger partial charge is 0.507 e. The summed E-state index contributed by atoms with van der Waals surface area (Å²) >= 11 is 0. The molecule has 2 aromatic heterocycles. The van der Waals surface area contributed by atoms with Crippen molar-refractivity contribution in [1.29, 1.82) is 0 Å². The molecule has 5 aromatic rings. The van der Waals surface area contributed by atoms with Gasteiger partial charge in [-0.15, -0.1) is 29.3 Å². The van der Waals surface area contributed by atoms with Crippen LogP contribution >= 0.6 is 0 Å². The molecule has 0 unspecified atom stereocenters. The Morgan fingerprint density at radius 2 is 1.42 bits per heavy atom. The van der Waals surface area contributed by atoms with E-state index in [-0.39, 0.29) is 20.1 Å². The SMILES string of the molecule is Cc1c[c-]c(-c2cc(C(C)C)ccn2)cc1-c1ccccc1.Cc1cc(C)c(O)c(-c2ccccn2)c1.[Ir]. The molecule has 5 rings (SSSR count). The summed E-state index contributed by atoms with van der Waals surface area (Å²) in [7, 11) is 0. The second-order valence-corrected chi connectivity index (χ2v) is 9.63. The minimum Gasteiger partial charge on any atom is -0.507 e. The van der Waals surface area contributed by atoms with E-state index in [0.717, 1.165) is 33.6 Å². The Kier molecular flexibility index (Phi) is 10.1. The summed E-state index contributed by atoms with van der Waals surface area (Å²) in [6.45, 7) is 10.4. The second kappa shape index (κ2) is 13.3. The summed E-state index contributed by atoms with van der Waals surface area (Å²) in [6, 6.07) is 31.9. The Morgan fingerprint density at radius 3 is 2.11 bits per heavy atom. The zero-order chi connectivity index (χ0) is 26.4. The van der Waals surface area contributed by atoms with Crippen LogP contribution in [0.5, 0.6) is 5.75 Å². The van der Waals surface area contributed by atoms with Crippen molar-refractivity contribution in [1.82, 2.24) is 9.97 Å². The molecule has 1 radical (unpaired) electrons. The number of phenols is 1. The van der Waals surface area contributed by atoms with Gasteiger partial charge in [0.1, 0.15) is 5.75 Å². The molecule has 0 spiro atoms. The molecule has 0 aliphatic rings. The third-order valence-corrected chi connectivity index (χ3v) is 6.35. The Hall–Kier alpha value is -3.59. The second-order valence-electron chi connectivity index (χ2n) is 9.63. The molecule has 1 N–H and O–H groups in total. The van der Waals surface area contributed by atoms with Crippen LogP contribution in [0, 0.1) is 26.8 Å². The summed E-state index contributed by atoms with van der Waals surface area (Å²) in [5.74, 6) is 0.820. The van der Waals surface area contributed by atoms with Crippen molar-refractivity contribution in [3.63, 3.8) is 0 Å². The zero-order valence-corrected chi connectivity index (χ0v) is 24.9. The van der Waals surface area contributed by atoms with E-state index in [9.17, 15) is 5.11 Å². The molecule has 0 saturated carbocycles. The smallest absolute Gasteiger partial charge is 0.127 e. The van der Waals surface area contributed by atoms with Crippen LogP contribution in [-0.4, -0.2) is 15.1 Å². The number of aromatic hydroxyl groups is 1. The van der Waals surface area contributed by atoms with E-state index in [0.29, 0.717) is 11.7 Å². The number of aryl methyl sites for hydroxylation is 3. The number of hydrogen-bond donors (Lipinski definition) is 1. The standard InChI is InChI=1S/C21H20N.C13H13NO.Ir/c1-15(2)18-11-12-22-21(14-18)19-10-9-16(3)20(13-19)17-7-5-4-6-8-17;1-9-7-10(2)13(15)11(8-9)12-5-3-4-6-14-12;/h4-9,11-15H,1-3H3;3-8,15H,1-2H3;/q-1;;. The molecule has 0 bridgehead atoms. The van der Waals surface area contributed by atoms with Gasteiger partial charge in [0.05, 0.1) is 5.69 Å². The third kappa shape index (κ3) is 7.04. The molecule has 0 aliphatic carbocycles. The molecule has 0 aliphatic heterocycles. The normalized spacial score (nSPS) is 10.4. The third-order valence-electron chi connectivity index (χ3n) is 6.35. The summed E-state index contributed by atoms with van der Waals surface area (Å²) in [6.07, 6.45) is 3.62. The van der Waals surface area contributed by atoms with E-state index in [1.54, 1.807) is 6.20 Å². The number of benzene rings is 3. The van der Waals surface area contributed by atoms with E-state index in [1.807, 2.05) is 56.4 Å². The average molecular weight is 678 g/mol. The van der Waals surface area contributed by atoms with Crippen molar-refractivity contribution in [3.05, 3.63) is 126 Å². The molecule has 0 atom stereocenters. The minimum atomic E-state index is 0. The molecule has 3 aromatic carbocycles. The molecule has 0 amide bonds.